The molecule has 1 aliphatic carbocycles. The molecule has 0 aromatic carbocycles. The van der Waals surface area contributed by atoms with Crippen LogP contribution in [0, 0.1) is 0 Å². The second-order valence-corrected chi connectivity index (χ2v) is 4.98. The summed E-state index contributed by atoms with van der Waals surface area (Å²) in [6.45, 7) is 3.87. The molecule has 0 amide bonds. The van der Waals surface area contributed by atoms with E-state index in [-0.39, 0.29) is 18.2 Å². The molecule has 1 fully saturated rings. The van der Waals surface area contributed by atoms with E-state index in [0.29, 0.717) is 0 Å². The van der Waals surface area contributed by atoms with Crippen molar-refractivity contribution in [2.75, 3.05) is 6.61 Å². The van der Waals surface area contributed by atoms with Gasteiger partial charge in [-0.3, -0.25) is 0 Å². The standard InChI is InChI=1S/C12H23NO3/c1-10(2)16-11(14)15-9-12(13)7-5-3-4-6-8-12/h10H,3-9,13H2,1-2H3. The average Bonchev–Trinajstić information content (AvgIpc) is 2.40. The Bertz CT molecular complexity index is 220. The van der Waals surface area contributed by atoms with E-state index in [9.17, 15) is 4.79 Å². The number of carbonyl (C=O) groups is 1. The van der Waals surface area contributed by atoms with Gasteiger partial charge in [0.25, 0.3) is 0 Å². The molecule has 4 nitrogen and oxygen atoms in total. The summed E-state index contributed by atoms with van der Waals surface area (Å²) in [5.74, 6) is 0. The van der Waals surface area contributed by atoms with Gasteiger partial charge in [0.1, 0.15) is 6.61 Å². The molecule has 0 spiro atoms. The lowest BCUT2D eigenvalue weighted by Gasteiger charge is -2.27. The van der Waals surface area contributed by atoms with E-state index in [2.05, 4.69) is 0 Å². The topological polar surface area (TPSA) is 61.5 Å². The molecule has 1 aliphatic rings. The van der Waals surface area contributed by atoms with Crippen LogP contribution in [0.25, 0.3) is 0 Å². The Hall–Kier alpha value is -0.770. The second-order valence-electron chi connectivity index (χ2n) is 4.98. The number of carbonyl (C=O) groups excluding carboxylic acids is 1. The molecule has 2 N–H and O–H groups in total. The van der Waals surface area contributed by atoms with E-state index in [1.165, 1.54) is 12.8 Å². The molecular formula is C12H23NO3. The highest BCUT2D eigenvalue weighted by atomic mass is 16.7. The molecule has 94 valence electrons. The number of ether oxygens (including phenoxy) is 2. The van der Waals surface area contributed by atoms with E-state index in [1.54, 1.807) is 13.8 Å². The molecule has 0 saturated heterocycles. The van der Waals surface area contributed by atoms with Gasteiger partial charge in [-0.15, -0.1) is 0 Å². The zero-order valence-corrected chi connectivity index (χ0v) is 10.3. The molecule has 0 aromatic heterocycles. The monoisotopic (exact) mass is 229 g/mol. The molecule has 0 aliphatic heterocycles. The lowest BCUT2D eigenvalue weighted by molar-refractivity contribution is 0.0193. The first-order valence-corrected chi connectivity index (χ1v) is 6.14. The van der Waals surface area contributed by atoms with E-state index < -0.39 is 6.16 Å². The van der Waals surface area contributed by atoms with Gasteiger partial charge in [0, 0.05) is 0 Å². The largest absolute Gasteiger partial charge is 0.508 e. The van der Waals surface area contributed by atoms with Gasteiger partial charge in [0.2, 0.25) is 0 Å². The molecule has 0 heterocycles. The SMILES string of the molecule is CC(C)OC(=O)OCC1(N)CCCCCC1. The van der Waals surface area contributed by atoms with Crippen molar-refractivity contribution in [3.05, 3.63) is 0 Å². The maximum absolute atomic E-state index is 11.2. The smallest absolute Gasteiger partial charge is 0.432 e. The highest BCUT2D eigenvalue weighted by Crippen LogP contribution is 2.25. The molecule has 1 saturated carbocycles. The van der Waals surface area contributed by atoms with Gasteiger partial charge in [0.05, 0.1) is 11.6 Å². The van der Waals surface area contributed by atoms with Gasteiger partial charge in [-0.25, -0.2) is 4.79 Å². The van der Waals surface area contributed by atoms with Crippen molar-refractivity contribution < 1.29 is 14.3 Å². The molecule has 4 heteroatoms. The fourth-order valence-corrected chi connectivity index (χ4v) is 2.01. The van der Waals surface area contributed by atoms with E-state index in [4.69, 9.17) is 15.2 Å². The van der Waals surface area contributed by atoms with Crippen molar-refractivity contribution in [2.24, 2.45) is 5.73 Å². The van der Waals surface area contributed by atoms with Crippen LogP contribution < -0.4 is 5.73 Å². The van der Waals surface area contributed by atoms with Crippen LogP contribution in [0.5, 0.6) is 0 Å². The summed E-state index contributed by atoms with van der Waals surface area (Å²) in [4.78, 5) is 11.2. The quantitative estimate of drug-likeness (QED) is 0.597. The fraction of sp³-hybridized carbons (Fsp3) is 0.917. The molecule has 0 bridgehead atoms. The van der Waals surface area contributed by atoms with E-state index in [0.717, 1.165) is 25.7 Å². The first-order valence-electron chi connectivity index (χ1n) is 6.14. The Morgan fingerprint density at radius 2 is 1.81 bits per heavy atom. The van der Waals surface area contributed by atoms with Crippen LogP contribution in [0.3, 0.4) is 0 Å². The molecule has 0 unspecified atom stereocenters. The summed E-state index contributed by atoms with van der Waals surface area (Å²) in [6, 6.07) is 0. The summed E-state index contributed by atoms with van der Waals surface area (Å²) in [7, 11) is 0. The van der Waals surface area contributed by atoms with Crippen LogP contribution in [0.2, 0.25) is 0 Å². The Kier molecular flexibility index (Phi) is 5.06. The highest BCUT2D eigenvalue weighted by molar-refractivity contribution is 5.60. The maximum Gasteiger partial charge on any atom is 0.508 e. The number of rotatable bonds is 3. The first kappa shape index (κ1) is 13.3. The predicted molar refractivity (Wildman–Crippen MR) is 62.2 cm³/mol. The van der Waals surface area contributed by atoms with Gasteiger partial charge in [-0.1, -0.05) is 25.7 Å². The predicted octanol–water partition coefficient (Wildman–Crippen LogP) is 2.60. The average molecular weight is 229 g/mol. The Morgan fingerprint density at radius 1 is 1.25 bits per heavy atom. The minimum Gasteiger partial charge on any atom is -0.432 e. The first-order chi connectivity index (χ1) is 7.52. The van der Waals surface area contributed by atoms with Gasteiger partial charge in [-0.2, -0.15) is 0 Å². The van der Waals surface area contributed by atoms with Crippen LogP contribution in [-0.2, 0) is 9.47 Å². The molecule has 1 rings (SSSR count). The van der Waals surface area contributed by atoms with Crippen LogP contribution in [0.15, 0.2) is 0 Å². The Morgan fingerprint density at radius 3 is 2.31 bits per heavy atom. The minimum atomic E-state index is -0.607. The second kappa shape index (κ2) is 6.09. The van der Waals surface area contributed by atoms with Crippen molar-refractivity contribution >= 4 is 6.16 Å². The van der Waals surface area contributed by atoms with Gasteiger partial charge < -0.3 is 15.2 Å². The van der Waals surface area contributed by atoms with Crippen LogP contribution in [-0.4, -0.2) is 24.4 Å². The lowest BCUT2D eigenvalue weighted by Crippen LogP contribution is -2.44. The van der Waals surface area contributed by atoms with E-state index in [1.807, 2.05) is 0 Å². The fourth-order valence-electron chi connectivity index (χ4n) is 2.01. The summed E-state index contributed by atoms with van der Waals surface area (Å²) in [5.41, 5.74) is 5.86. The van der Waals surface area contributed by atoms with Gasteiger partial charge >= 0.3 is 6.16 Å². The van der Waals surface area contributed by atoms with Crippen molar-refractivity contribution in [3.63, 3.8) is 0 Å². The van der Waals surface area contributed by atoms with Crippen LogP contribution >= 0.6 is 0 Å². The zero-order valence-electron chi connectivity index (χ0n) is 10.3. The Labute approximate surface area is 97.5 Å². The lowest BCUT2D eigenvalue weighted by atomic mass is 9.93. The van der Waals surface area contributed by atoms with Gasteiger partial charge in [-0.05, 0) is 26.7 Å². The molecular weight excluding hydrogens is 206 g/mol. The number of hydrogen-bond donors (Lipinski definition) is 1. The van der Waals surface area contributed by atoms with E-state index >= 15 is 0 Å². The summed E-state index contributed by atoms with van der Waals surface area (Å²) in [6.07, 6.45) is 5.83. The summed E-state index contributed by atoms with van der Waals surface area (Å²) in [5, 5.41) is 0. The highest BCUT2D eigenvalue weighted by Gasteiger charge is 2.28. The molecule has 16 heavy (non-hydrogen) atoms. The summed E-state index contributed by atoms with van der Waals surface area (Å²) >= 11 is 0. The molecule has 0 aromatic rings. The van der Waals surface area contributed by atoms with Crippen molar-refractivity contribution in [1.82, 2.24) is 0 Å². The third kappa shape index (κ3) is 4.84. The van der Waals surface area contributed by atoms with Crippen molar-refractivity contribution in [1.29, 1.82) is 0 Å². The third-order valence-electron chi connectivity index (χ3n) is 2.91. The molecule has 0 radical (unpaired) electrons. The molecule has 0 atom stereocenters. The van der Waals surface area contributed by atoms with Crippen LogP contribution in [0.1, 0.15) is 52.4 Å². The number of hydrogen-bond acceptors (Lipinski definition) is 4. The minimum absolute atomic E-state index is 0.143. The Balaban J connectivity index is 2.31. The maximum atomic E-state index is 11.2. The zero-order chi connectivity index (χ0) is 12.0. The van der Waals surface area contributed by atoms with Crippen molar-refractivity contribution in [2.45, 2.75) is 64.0 Å². The summed E-state index contributed by atoms with van der Waals surface area (Å²) < 4.78 is 9.97. The normalized spacial score (nSPS) is 20.2. The van der Waals surface area contributed by atoms with Gasteiger partial charge in [0.15, 0.2) is 0 Å². The van der Waals surface area contributed by atoms with Crippen molar-refractivity contribution in [3.8, 4) is 0 Å². The van der Waals surface area contributed by atoms with Crippen LogP contribution in [0.4, 0.5) is 4.79 Å². The third-order valence-corrected chi connectivity index (χ3v) is 2.91. The number of nitrogens with two attached hydrogens (primary N) is 1.